The van der Waals surface area contributed by atoms with E-state index in [-0.39, 0.29) is 0 Å². The minimum Gasteiger partial charge on any atom is -0.357 e. The van der Waals surface area contributed by atoms with Crippen molar-refractivity contribution >= 4 is 45.5 Å². The molecule has 3 rings (SSSR count). The van der Waals surface area contributed by atoms with Gasteiger partial charge in [-0.2, -0.15) is 0 Å². The first-order valence-corrected chi connectivity index (χ1v) is 9.16. The van der Waals surface area contributed by atoms with Gasteiger partial charge in [0.05, 0.1) is 18.8 Å². The van der Waals surface area contributed by atoms with Gasteiger partial charge in [0.1, 0.15) is 0 Å². The van der Waals surface area contributed by atoms with E-state index >= 15 is 0 Å². The predicted octanol–water partition coefficient (Wildman–Crippen LogP) is 3.96. The van der Waals surface area contributed by atoms with Crippen molar-refractivity contribution in [2.45, 2.75) is 20.0 Å². The number of fused-ring (bicyclic) bond motifs is 1. The number of imidazole rings is 1. The minimum absolute atomic E-state index is 0.476. The summed E-state index contributed by atoms with van der Waals surface area (Å²) in [6.07, 6.45) is 4.01. The Morgan fingerprint density at radius 2 is 2.21 bits per heavy atom. The number of guanidine groups is 1. The molecule has 24 heavy (non-hydrogen) atoms. The first-order valence-electron chi connectivity index (χ1n) is 7.53. The van der Waals surface area contributed by atoms with Crippen LogP contribution in [0.3, 0.4) is 0 Å². The number of nitrogens with zero attached hydrogens (tertiary/aromatic N) is 3. The molecule has 0 aliphatic carbocycles. The van der Waals surface area contributed by atoms with Gasteiger partial charge in [0.25, 0.3) is 0 Å². The number of aromatic nitrogens is 2. The van der Waals surface area contributed by atoms with Crippen molar-refractivity contribution in [2.75, 3.05) is 6.54 Å². The third-order valence-electron chi connectivity index (χ3n) is 3.35. The van der Waals surface area contributed by atoms with Gasteiger partial charge in [0, 0.05) is 34.4 Å². The van der Waals surface area contributed by atoms with E-state index in [0.717, 1.165) is 28.7 Å². The predicted molar refractivity (Wildman–Crippen MR) is 101 cm³/mol. The molecule has 5 nitrogen and oxygen atoms in total. The summed E-state index contributed by atoms with van der Waals surface area (Å²) in [6.45, 7) is 3.88. The van der Waals surface area contributed by atoms with Crippen LogP contribution in [0.25, 0.3) is 4.96 Å². The number of nitrogens with one attached hydrogen (secondary N) is 2. The fraction of sp³-hybridized carbons (Fsp3) is 0.250. The molecule has 0 bridgehead atoms. The molecular formula is C16H17Cl2N5S. The van der Waals surface area contributed by atoms with Gasteiger partial charge in [-0.05, 0) is 24.6 Å². The summed E-state index contributed by atoms with van der Waals surface area (Å²) in [4.78, 5) is 10.1. The average molecular weight is 382 g/mol. The summed E-state index contributed by atoms with van der Waals surface area (Å²) < 4.78 is 2.01. The number of benzene rings is 1. The molecule has 0 radical (unpaired) electrons. The van der Waals surface area contributed by atoms with Gasteiger partial charge >= 0.3 is 0 Å². The van der Waals surface area contributed by atoms with Gasteiger partial charge in [0.15, 0.2) is 10.9 Å². The molecule has 0 saturated heterocycles. The van der Waals surface area contributed by atoms with Crippen molar-refractivity contribution in [3.8, 4) is 0 Å². The van der Waals surface area contributed by atoms with Crippen LogP contribution in [-0.2, 0) is 13.1 Å². The van der Waals surface area contributed by atoms with E-state index in [1.54, 1.807) is 17.4 Å². The van der Waals surface area contributed by atoms with E-state index in [2.05, 4.69) is 20.6 Å². The molecule has 2 aromatic heterocycles. The third-order valence-corrected chi connectivity index (χ3v) is 4.70. The Kier molecular flexibility index (Phi) is 5.60. The number of thiazole rings is 1. The first kappa shape index (κ1) is 17.1. The minimum atomic E-state index is 0.476. The van der Waals surface area contributed by atoms with Gasteiger partial charge in [-0.25, -0.2) is 9.98 Å². The van der Waals surface area contributed by atoms with E-state index in [4.69, 9.17) is 23.2 Å². The number of hydrogen-bond acceptors (Lipinski definition) is 3. The van der Waals surface area contributed by atoms with Gasteiger partial charge in [-0.1, -0.05) is 29.3 Å². The maximum absolute atomic E-state index is 6.19. The van der Waals surface area contributed by atoms with Crippen LogP contribution in [0.15, 0.2) is 41.0 Å². The highest BCUT2D eigenvalue weighted by Crippen LogP contribution is 2.21. The SMILES string of the molecule is CCNC(=NCc1ccc(Cl)cc1Cl)NCc1cn2ccsc2n1. The molecule has 8 heteroatoms. The van der Waals surface area contributed by atoms with Gasteiger partial charge < -0.3 is 10.6 Å². The smallest absolute Gasteiger partial charge is 0.193 e. The van der Waals surface area contributed by atoms with Crippen molar-refractivity contribution in [3.63, 3.8) is 0 Å². The molecule has 0 aliphatic heterocycles. The van der Waals surface area contributed by atoms with Crippen LogP contribution in [0, 0.1) is 0 Å². The number of rotatable bonds is 5. The molecule has 1 aromatic carbocycles. The van der Waals surface area contributed by atoms with Crippen molar-refractivity contribution in [3.05, 3.63) is 57.3 Å². The molecule has 126 valence electrons. The average Bonchev–Trinajstić information content (AvgIpc) is 3.12. The van der Waals surface area contributed by atoms with Crippen LogP contribution < -0.4 is 10.6 Å². The summed E-state index contributed by atoms with van der Waals surface area (Å²) >= 11 is 13.7. The van der Waals surface area contributed by atoms with Crippen molar-refractivity contribution in [1.29, 1.82) is 0 Å². The Labute approximate surface area is 154 Å². The lowest BCUT2D eigenvalue weighted by atomic mass is 10.2. The largest absolute Gasteiger partial charge is 0.357 e. The molecular weight excluding hydrogens is 365 g/mol. The van der Waals surface area contributed by atoms with Gasteiger partial charge in [-0.3, -0.25) is 4.40 Å². The molecule has 2 heterocycles. The topological polar surface area (TPSA) is 53.7 Å². The zero-order chi connectivity index (χ0) is 16.9. The standard InChI is InChI=1S/C16H17Cl2N5S/c1-2-19-15(20-8-11-3-4-12(17)7-14(11)18)21-9-13-10-23-5-6-24-16(23)22-13/h3-7,10H,2,8-9H2,1H3,(H2,19,20,21). The molecule has 0 amide bonds. The Balaban J connectivity index is 1.65. The highest BCUT2D eigenvalue weighted by molar-refractivity contribution is 7.15. The first-order chi connectivity index (χ1) is 11.7. The van der Waals surface area contributed by atoms with Crippen molar-refractivity contribution in [1.82, 2.24) is 20.0 Å². The Morgan fingerprint density at radius 3 is 2.96 bits per heavy atom. The molecule has 0 saturated carbocycles. The molecule has 3 aromatic rings. The molecule has 0 unspecified atom stereocenters. The Morgan fingerprint density at radius 1 is 1.33 bits per heavy atom. The van der Waals surface area contributed by atoms with E-state index < -0.39 is 0 Å². The summed E-state index contributed by atoms with van der Waals surface area (Å²) in [6, 6.07) is 5.43. The maximum atomic E-state index is 6.19. The molecule has 0 fully saturated rings. The zero-order valence-electron chi connectivity index (χ0n) is 13.1. The van der Waals surface area contributed by atoms with E-state index in [1.807, 2.05) is 41.2 Å². The van der Waals surface area contributed by atoms with Crippen LogP contribution in [0.4, 0.5) is 0 Å². The van der Waals surface area contributed by atoms with E-state index in [0.29, 0.717) is 23.1 Å². The molecule has 0 spiro atoms. The fourth-order valence-corrected chi connectivity index (χ4v) is 3.38. The lowest BCUT2D eigenvalue weighted by Crippen LogP contribution is -2.36. The molecule has 0 atom stereocenters. The Bertz CT molecular complexity index is 827. The normalized spacial score (nSPS) is 11.9. The molecule has 0 aliphatic rings. The van der Waals surface area contributed by atoms with Crippen LogP contribution >= 0.6 is 34.5 Å². The summed E-state index contributed by atoms with van der Waals surface area (Å²) in [5, 5.41) is 9.77. The van der Waals surface area contributed by atoms with Crippen LogP contribution in [0.2, 0.25) is 10.0 Å². The molecule has 2 N–H and O–H groups in total. The number of halogens is 2. The second-order valence-electron chi connectivity index (χ2n) is 5.11. The second kappa shape index (κ2) is 7.88. The van der Waals surface area contributed by atoms with E-state index in [1.165, 1.54) is 0 Å². The third kappa shape index (κ3) is 4.20. The number of aliphatic imine (C=N–C) groups is 1. The summed E-state index contributed by atoms with van der Waals surface area (Å²) in [5.41, 5.74) is 1.90. The fourth-order valence-electron chi connectivity index (χ4n) is 2.19. The highest BCUT2D eigenvalue weighted by atomic mass is 35.5. The maximum Gasteiger partial charge on any atom is 0.193 e. The lowest BCUT2D eigenvalue weighted by molar-refractivity contribution is 0.804. The van der Waals surface area contributed by atoms with Crippen LogP contribution in [0.5, 0.6) is 0 Å². The second-order valence-corrected chi connectivity index (χ2v) is 6.83. The van der Waals surface area contributed by atoms with Crippen LogP contribution in [-0.4, -0.2) is 21.9 Å². The summed E-state index contributed by atoms with van der Waals surface area (Å²) in [5.74, 6) is 0.722. The monoisotopic (exact) mass is 381 g/mol. The van der Waals surface area contributed by atoms with E-state index in [9.17, 15) is 0 Å². The summed E-state index contributed by atoms with van der Waals surface area (Å²) in [7, 11) is 0. The van der Waals surface area contributed by atoms with Gasteiger partial charge in [0.2, 0.25) is 0 Å². The number of hydrogen-bond donors (Lipinski definition) is 2. The van der Waals surface area contributed by atoms with Crippen LogP contribution in [0.1, 0.15) is 18.2 Å². The lowest BCUT2D eigenvalue weighted by Gasteiger charge is -2.10. The van der Waals surface area contributed by atoms with Gasteiger partial charge in [-0.15, -0.1) is 11.3 Å². The zero-order valence-corrected chi connectivity index (χ0v) is 15.4. The quantitative estimate of drug-likeness (QED) is 0.519. The van der Waals surface area contributed by atoms with Crippen molar-refractivity contribution < 1.29 is 0 Å². The Hall–Kier alpha value is -1.76. The highest BCUT2D eigenvalue weighted by Gasteiger charge is 2.05. The van der Waals surface area contributed by atoms with Crippen molar-refractivity contribution in [2.24, 2.45) is 4.99 Å².